The molecule has 0 fully saturated rings. The van der Waals surface area contributed by atoms with E-state index >= 15 is 0 Å². The molecule has 0 amide bonds. The fourth-order valence-electron chi connectivity index (χ4n) is 1.68. The summed E-state index contributed by atoms with van der Waals surface area (Å²) in [4.78, 5) is 4.56. The Morgan fingerprint density at radius 3 is 2.88 bits per heavy atom. The van der Waals surface area contributed by atoms with Crippen LogP contribution in [0.3, 0.4) is 0 Å². The van der Waals surface area contributed by atoms with Gasteiger partial charge >= 0.3 is 0 Å². The molecule has 4 heteroatoms. The lowest BCUT2D eigenvalue weighted by Crippen LogP contribution is -1.93. The topological polar surface area (TPSA) is 50.3 Å². The van der Waals surface area contributed by atoms with Crippen molar-refractivity contribution in [2.24, 2.45) is 4.99 Å². The molecule has 88 valence electrons. The van der Waals surface area contributed by atoms with E-state index in [-0.39, 0.29) is 0 Å². The van der Waals surface area contributed by atoms with Gasteiger partial charge in [0.05, 0.1) is 13.3 Å². The van der Waals surface area contributed by atoms with Crippen molar-refractivity contribution in [2.45, 2.75) is 13.8 Å². The summed E-state index contributed by atoms with van der Waals surface area (Å²) < 4.78 is 5.36. The predicted octanol–water partition coefficient (Wildman–Crippen LogP) is 2.87. The van der Waals surface area contributed by atoms with Crippen molar-refractivity contribution in [3.05, 3.63) is 41.7 Å². The smallest absolute Gasteiger partial charge is 0.147 e. The van der Waals surface area contributed by atoms with Gasteiger partial charge in [0.1, 0.15) is 11.4 Å². The van der Waals surface area contributed by atoms with E-state index in [9.17, 15) is 0 Å². The molecule has 1 N–H and O–H groups in total. The standard InChI is InChI=1S/C13H15N3O/c1-9-5-4-6-12(13(9)17-3)16-10(2)11-7-14-15-8-11/h4-8H,1-3H3,(H,14,15)/b16-10+. The third kappa shape index (κ3) is 2.36. The van der Waals surface area contributed by atoms with Gasteiger partial charge in [0.15, 0.2) is 0 Å². The number of benzene rings is 1. The number of H-pyrrole nitrogens is 1. The van der Waals surface area contributed by atoms with Gasteiger partial charge in [0, 0.05) is 17.5 Å². The zero-order valence-corrected chi connectivity index (χ0v) is 10.2. The summed E-state index contributed by atoms with van der Waals surface area (Å²) in [5, 5.41) is 6.68. The number of hydrogen-bond acceptors (Lipinski definition) is 3. The molecule has 0 spiro atoms. The summed E-state index contributed by atoms with van der Waals surface area (Å²) in [5.74, 6) is 0.815. The maximum Gasteiger partial charge on any atom is 0.147 e. The number of nitrogens with one attached hydrogen (secondary N) is 1. The second-order valence-corrected chi connectivity index (χ2v) is 3.81. The van der Waals surface area contributed by atoms with Crippen molar-refractivity contribution in [1.29, 1.82) is 0 Å². The fraction of sp³-hybridized carbons (Fsp3) is 0.231. The second kappa shape index (κ2) is 4.82. The van der Waals surface area contributed by atoms with Crippen molar-refractivity contribution >= 4 is 11.4 Å². The van der Waals surface area contributed by atoms with E-state index in [0.29, 0.717) is 0 Å². The van der Waals surface area contributed by atoms with Crippen LogP contribution in [0.25, 0.3) is 0 Å². The summed E-state index contributed by atoms with van der Waals surface area (Å²) in [6.07, 6.45) is 3.57. The minimum atomic E-state index is 0.815. The van der Waals surface area contributed by atoms with Gasteiger partial charge in [0.25, 0.3) is 0 Å². The van der Waals surface area contributed by atoms with Gasteiger partial charge in [-0.1, -0.05) is 12.1 Å². The molecule has 2 rings (SSSR count). The van der Waals surface area contributed by atoms with Crippen LogP contribution in [0, 0.1) is 6.92 Å². The third-order valence-corrected chi connectivity index (χ3v) is 2.60. The van der Waals surface area contributed by atoms with Gasteiger partial charge in [-0.05, 0) is 25.5 Å². The summed E-state index contributed by atoms with van der Waals surface area (Å²) >= 11 is 0. The van der Waals surface area contributed by atoms with Gasteiger partial charge in [-0.2, -0.15) is 5.10 Å². The number of para-hydroxylation sites is 1. The molecule has 0 atom stereocenters. The molecule has 0 bridgehead atoms. The van der Waals surface area contributed by atoms with Crippen LogP contribution in [0.5, 0.6) is 5.75 Å². The van der Waals surface area contributed by atoms with Gasteiger partial charge < -0.3 is 4.74 Å². The van der Waals surface area contributed by atoms with E-state index in [4.69, 9.17) is 4.74 Å². The van der Waals surface area contributed by atoms with Crippen molar-refractivity contribution in [3.63, 3.8) is 0 Å². The number of aromatic nitrogens is 2. The molecule has 0 saturated heterocycles. The largest absolute Gasteiger partial charge is 0.494 e. The molecule has 0 aliphatic carbocycles. The Morgan fingerprint density at radius 1 is 1.41 bits per heavy atom. The Balaban J connectivity index is 2.42. The molecule has 1 aromatic carbocycles. The van der Waals surface area contributed by atoms with E-state index in [0.717, 1.165) is 28.3 Å². The van der Waals surface area contributed by atoms with Crippen molar-refractivity contribution in [3.8, 4) is 5.75 Å². The molecular formula is C13H15N3O. The van der Waals surface area contributed by atoms with Crippen LogP contribution in [0.2, 0.25) is 0 Å². The maximum atomic E-state index is 5.36. The van der Waals surface area contributed by atoms with Crippen LogP contribution >= 0.6 is 0 Å². The van der Waals surface area contributed by atoms with Crippen LogP contribution in [0.4, 0.5) is 5.69 Å². The monoisotopic (exact) mass is 229 g/mol. The SMILES string of the molecule is COc1c(C)cccc1/N=C(\C)c1cn[nH]c1. The van der Waals surface area contributed by atoms with Gasteiger partial charge in [0.2, 0.25) is 0 Å². The number of aryl methyl sites for hydroxylation is 1. The summed E-state index contributed by atoms with van der Waals surface area (Å²) in [7, 11) is 1.66. The van der Waals surface area contributed by atoms with Crippen molar-refractivity contribution in [2.75, 3.05) is 7.11 Å². The highest BCUT2D eigenvalue weighted by Crippen LogP contribution is 2.31. The first-order valence-corrected chi connectivity index (χ1v) is 5.40. The Labute approximate surface area is 100 Å². The number of methoxy groups -OCH3 is 1. The van der Waals surface area contributed by atoms with E-state index in [1.54, 1.807) is 13.3 Å². The average molecular weight is 229 g/mol. The molecule has 4 nitrogen and oxygen atoms in total. The predicted molar refractivity (Wildman–Crippen MR) is 68.2 cm³/mol. The molecule has 0 unspecified atom stereocenters. The normalized spacial score (nSPS) is 11.6. The van der Waals surface area contributed by atoms with E-state index < -0.39 is 0 Å². The number of nitrogens with zero attached hydrogens (tertiary/aromatic N) is 2. The van der Waals surface area contributed by atoms with Crippen molar-refractivity contribution < 1.29 is 4.74 Å². The molecular weight excluding hydrogens is 214 g/mol. The minimum absolute atomic E-state index is 0.815. The Bertz CT molecular complexity index is 530. The summed E-state index contributed by atoms with van der Waals surface area (Å²) in [6, 6.07) is 5.92. The number of aliphatic imine (C=N–C) groups is 1. The van der Waals surface area contributed by atoms with Crippen LogP contribution < -0.4 is 4.74 Å². The molecule has 0 radical (unpaired) electrons. The number of hydrogen-bond donors (Lipinski definition) is 1. The lowest BCUT2D eigenvalue weighted by Gasteiger charge is -2.08. The summed E-state index contributed by atoms with van der Waals surface area (Å²) in [5.41, 5.74) is 3.80. The highest BCUT2D eigenvalue weighted by Gasteiger charge is 2.06. The highest BCUT2D eigenvalue weighted by molar-refractivity contribution is 6.00. The van der Waals surface area contributed by atoms with Crippen LogP contribution in [-0.4, -0.2) is 23.0 Å². The van der Waals surface area contributed by atoms with Crippen LogP contribution in [-0.2, 0) is 0 Å². The number of aromatic amines is 1. The zero-order valence-electron chi connectivity index (χ0n) is 10.2. The Hall–Kier alpha value is -2.10. The Morgan fingerprint density at radius 2 is 2.24 bits per heavy atom. The minimum Gasteiger partial charge on any atom is -0.494 e. The van der Waals surface area contributed by atoms with Crippen LogP contribution in [0.1, 0.15) is 18.1 Å². The van der Waals surface area contributed by atoms with E-state index in [1.165, 1.54) is 0 Å². The molecule has 0 saturated carbocycles. The first-order valence-electron chi connectivity index (χ1n) is 5.40. The Kier molecular flexibility index (Phi) is 3.23. The lowest BCUT2D eigenvalue weighted by molar-refractivity contribution is 0.413. The second-order valence-electron chi connectivity index (χ2n) is 3.81. The quantitative estimate of drug-likeness (QED) is 0.823. The summed E-state index contributed by atoms with van der Waals surface area (Å²) in [6.45, 7) is 3.96. The van der Waals surface area contributed by atoms with Gasteiger partial charge in [-0.15, -0.1) is 0 Å². The van der Waals surface area contributed by atoms with Gasteiger partial charge in [-0.3, -0.25) is 5.10 Å². The van der Waals surface area contributed by atoms with E-state index in [1.807, 2.05) is 38.2 Å². The fourth-order valence-corrected chi connectivity index (χ4v) is 1.68. The first-order chi connectivity index (χ1) is 8.22. The van der Waals surface area contributed by atoms with Crippen LogP contribution in [0.15, 0.2) is 35.6 Å². The highest BCUT2D eigenvalue weighted by atomic mass is 16.5. The average Bonchev–Trinajstić information content (AvgIpc) is 2.82. The molecule has 2 aromatic rings. The molecule has 17 heavy (non-hydrogen) atoms. The van der Waals surface area contributed by atoms with E-state index in [2.05, 4.69) is 15.2 Å². The number of rotatable bonds is 3. The molecule has 1 aromatic heterocycles. The van der Waals surface area contributed by atoms with Crippen molar-refractivity contribution in [1.82, 2.24) is 10.2 Å². The molecule has 0 aliphatic heterocycles. The first kappa shape index (κ1) is 11.4. The maximum absolute atomic E-state index is 5.36. The molecule has 1 heterocycles. The van der Waals surface area contributed by atoms with Gasteiger partial charge in [-0.25, -0.2) is 4.99 Å². The zero-order chi connectivity index (χ0) is 12.3. The third-order valence-electron chi connectivity index (χ3n) is 2.60. The number of ether oxygens (including phenoxy) is 1. The lowest BCUT2D eigenvalue weighted by atomic mass is 10.2. The molecule has 0 aliphatic rings.